The van der Waals surface area contributed by atoms with Crippen LogP contribution in [0.1, 0.15) is 0 Å². The molecule has 1 aromatic carbocycles. The standard InChI is InChI=1S/C10H14N2/c1-2-8-11-9-12-10-6-4-3-5-7-10/h2-7,11-12H,1,8-9H2. The van der Waals surface area contributed by atoms with Crippen molar-refractivity contribution in [3.8, 4) is 0 Å². The third-order valence-electron chi connectivity index (χ3n) is 1.48. The zero-order chi connectivity index (χ0) is 8.65. The van der Waals surface area contributed by atoms with Gasteiger partial charge in [-0.15, -0.1) is 6.58 Å². The van der Waals surface area contributed by atoms with E-state index in [2.05, 4.69) is 17.2 Å². The molecule has 0 aliphatic heterocycles. The van der Waals surface area contributed by atoms with E-state index < -0.39 is 0 Å². The highest BCUT2D eigenvalue weighted by Crippen LogP contribution is 2.02. The highest BCUT2D eigenvalue weighted by molar-refractivity contribution is 5.42. The average molecular weight is 162 g/mol. The lowest BCUT2D eigenvalue weighted by molar-refractivity contribution is 0.810. The zero-order valence-electron chi connectivity index (χ0n) is 7.09. The Balaban J connectivity index is 2.20. The van der Waals surface area contributed by atoms with Gasteiger partial charge in [-0.25, -0.2) is 0 Å². The minimum atomic E-state index is 0.774. The van der Waals surface area contributed by atoms with E-state index >= 15 is 0 Å². The van der Waals surface area contributed by atoms with Gasteiger partial charge in [0, 0.05) is 12.2 Å². The number of nitrogens with one attached hydrogen (secondary N) is 2. The minimum absolute atomic E-state index is 0.774. The second-order valence-electron chi connectivity index (χ2n) is 2.46. The Morgan fingerprint density at radius 1 is 1.25 bits per heavy atom. The number of para-hydroxylation sites is 1. The van der Waals surface area contributed by atoms with Crippen LogP contribution in [0, 0.1) is 0 Å². The number of rotatable bonds is 5. The van der Waals surface area contributed by atoms with Crippen LogP contribution in [0.15, 0.2) is 43.0 Å². The summed E-state index contributed by atoms with van der Waals surface area (Å²) in [5.74, 6) is 0. The Morgan fingerprint density at radius 3 is 2.67 bits per heavy atom. The van der Waals surface area contributed by atoms with Crippen molar-refractivity contribution in [1.29, 1.82) is 0 Å². The van der Waals surface area contributed by atoms with Gasteiger partial charge in [-0.3, -0.25) is 5.32 Å². The second kappa shape index (κ2) is 5.38. The molecular formula is C10H14N2. The van der Waals surface area contributed by atoms with Crippen LogP contribution in [0.2, 0.25) is 0 Å². The van der Waals surface area contributed by atoms with Gasteiger partial charge in [0.1, 0.15) is 0 Å². The number of hydrogen-bond donors (Lipinski definition) is 2. The Morgan fingerprint density at radius 2 is 2.00 bits per heavy atom. The van der Waals surface area contributed by atoms with Crippen LogP contribution >= 0.6 is 0 Å². The van der Waals surface area contributed by atoms with Crippen molar-refractivity contribution in [2.45, 2.75) is 0 Å². The first-order chi connectivity index (χ1) is 5.93. The van der Waals surface area contributed by atoms with E-state index in [1.807, 2.05) is 36.4 Å². The fourth-order valence-corrected chi connectivity index (χ4v) is 0.895. The van der Waals surface area contributed by atoms with Gasteiger partial charge in [0.2, 0.25) is 0 Å². The molecule has 0 fully saturated rings. The third-order valence-corrected chi connectivity index (χ3v) is 1.48. The Bertz CT molecular complexity index is 219. The fourth-order valence-electron chi connectivity index (χ4n) is 0.895. The van der Waals surface area contributed by atoms with Crippen LogP contribution in [-0.2, 0) is 0 Å². The highest BCUT2D eigenvalue weighted by atomic mass is 15.1. The molecule has 0 atom stereocenters. The largest absolute Gasteiger partial charge is 0.372 e. The maximum Gasteiger partial charge on any atom is 0.0655 e. The van der Waals surface area contributed by atoms with Gasteiger partial charge in [0.05, 0.1) is 6.67 Å². The van der Waals surface area contributed by atoms with Gasteiger partial charge in [-0.1, -0.05) is 24.3 Å². The molecule has 2 nitrogen and oxygen atoms in total. The zero-order valence-corrected chi connectivity index (χ0v) is 7.09. The van der Waals surface area contributed by atoms with Gasteiger partial charge in [0.25, 0.3) is 0 Å². The van der Waals surface area contributed by atoms with E-state index in [9.17, 15) is 0 Å². The summed E-state index contributed by atoms with van der Waals surface area (Å²) in [5, 5.41) is 6.37. The first kappa shape index (κ1) is 8.81. The van der Waals surface area contributed by atoms with Crippen LogP contribution in [0.5, 0.6) is 0 Å². The van der Waals surface area contributed by atoms with Gasteiger partial charge >= 0.3 is 0 Å². The van der Waals surface area contributed by atoms with Crippen molar-refractivity contribution < 1.29 is 0 Å². The van der Waals surface area contributed by atoms with Gasteiger partial charge in [-0.05, 0) is 12.1 Å². The predicted molar refractivity (Wildman–Crippen MR) is 53.1 cm³/mol. The molecular weight excluding hydrogens is 148 g/mol. The van der Waals surface area contributed by atoms with Crippen molar-refractivity contribution in [3.05, 3.63) is 43.0 Å². The fraction of sp³-hybridized carbons (Fsp3) is 0.200. The summed E-state index contributed by atoms with van der Waals surface area (Å²) in [6.07, 6.45) is 1.84. The molecule has 2 N–H and O–H groups in total. The SMILES string of the molecule is C=CCNCNc1ccccc1. The molecule has 12 heavy (non-hydrogen) atoms. The van der Waals surface area contributed by atoms with E-state index in [1.165, 1.54) is 0 Å². The van der Waals surface area contributed by atoms with Gasteiger partial charge in [-0.2, -0.15) is 0 Å². The number of anilines is 1. The maximum atomic E-state index is 3.61. The molecule has 0 aliphatic carbocycles. The van der Waals surface area contributed by atoms with E-state index in [4.69, 9.17) is 0 Å². The maximum absolute atomic E-state index is 3.61. The third kappa shape index (κ3) is 3.21. The Hall–Kier alpha value is -1.28. The summed E-state index contributed by atoms with van der Waals surface area (Å²) >= 11 is 0. The van der Waals surface area contributed by atoms with Gasteiger partial charge in [0.15, 0.2) is 0 Å². The van der Waals surface area contributed by atoms with Crippen molar-refractivity contribution >= 4 is 5.69 Å². The molecule has 1 aromatic rings. The molecule has 0 radical (unpaired) electrons. The molecule has 0 amide bonds. The average Bonchev–Trinajstić information content (AvgIpc) is 2.14. The van der Waals surface area contributed by atoms with Gasteiger partial charge < -0.3 is 5.32 Å². The Kier molecular flexibility index (Phi) is 3.95. The second-order valence-corrected chi connectivity index (χ2v) is 2.46. The smallest absolute Gasteiger partial charge is 0.0655 e. The lowest BCUT2D eigenvalue weighted by atomic mass is 10.3. The molecule has 0 aromatic heterocycles. The van der Waals surface area contributed by atoms with Crippen LogP contribution in [0.25, 0.3) is 0 Å². The number of hydrogen-bond acceptors (Lipinski definition) is 2. The summed E-state index contributed by atoms with van der Waals surface area (Å²) < 4.78 is 0. The Labute approximate surface area is 73.3 Å². The summed E-state index contributed by atoms with van der Waals surface area (Å²) in [6, 6.07) is 10.1. The topological polar surface area (TPSA) is 24.1 Å². The molecule has 64 valence electrons. The van der Waals surface area contributed by atoms with Crippen molar-refractivity contribution in [2.24, 2.45) is 0 Å². The van der Waals surface area contributed by atoms with Crippen LogP contribution < -0.4 is 10.6 Å². The molecule has 0 saturated carbocycles. The molecule has 0 aliphatic rings. The summed E-state index contributed by atoms with van der Waals surface area (Å²) in [6.45, 7) is 5.22. The van der Waals surface area contributed by atoms with Crippen LogP contribution in [0.3, 0.4) is 0 Å². The van der Waals surface area contributed by atoms with Crippen molar-refractivity contribution in [2.75, 3.05) is 18.5 Å². The molecule has 0 spiro atoms. The van der Waals surface area contributed by atoms with Crippen LogP contribution in [0.4, 0.5) is 5.69 Å². The highest BCUT2D eigenvalue weighted by Gasteiger charge is 1.85. The quantitative estimate of drug-likeness (QED) is 0.392. The van der Waals surface area contributed by atoms with E-state index in [0.29, 0.717) is 0 Å². The number of benzene rings is 1. The normalized spacial score (nSPS) is 9.33. The molecule has 2 heteroatoms. The summed E-state index contributed by atoms with van der Waals surface area (Å²) in [4.78, 5) is 0. The molecule has 0 unspecified atom stereocenters. The molecule has 0 saturated heterocycles. The van der Waals surface area contributed by atoms with E-state index in [-0.39, 0.29) is 0 Å². The molecule has 0 heterocycles. The van der Waals surface area contributed by atoms with Crippen molar-refractivity contribution in [3.63, 3.8) is 0 Å². The van der Waals surface area contributed by atoms with Crippen LogP contribution in [-0.4, -0.2) is 13.2 Å². The van der Waals surface area contributed by atoms with E-state index in [0.717, 1.165) is 18.9 Å². The lowest BCUT2D eigenvalue weighted by Gasteiger charge is -2.05. The predicted octanol–water partition coefficient (Wildman–Crippen LogP) is 1.83. The summed E-state index contributed by atoms with van der Waals surface area (Å²) in [5.41, 5.74) is 1.13. The first-order valence-corrected chi connectivity index (χ1v) is 4.04. The van der Waals surface area contributed by atoms with E-state index in [1.54, 1.807) is 0 Å². The molecule has 0 bridgehead atoms. The first-order valence-electron chi connectivity index (χ1n) is 4.04. The molecule has 1 rings (SSSR count). The minimum Gasteiger partial charge on any atom is -0.372 e. The van der Waals surface area contributed by atoms with Crippen molar-refractivity contribution in [1.82, 2.24) is 5.32 Å². The monoisotopic (exact) mass is 162 g/mol. The summed E-state index contributed by atoms with van der Waals surface area (Å²) in [7, 11) is 0. The lowest BCUT2D eigenvalue weighted by Crippen LogP contribution is -2.21.